The normalized spacial score (nSPS) is 23.6. The molecule has 2 aromatic carbocycles. The predicted octanol–water partition coefficient (Wildman–Crippen LogP) is 3.90. The number of amides is 2. The third-order valence-electron chi connectivity index (χ3n) is 5.26. The van der Waals surface area contributed by atoms with Crippen LogP contribution in [0.25, 0.3) is 0 Å². The molecule has 2 fully saturated rings. The lowest BCUT2D eigenvalue weighted by molar-refractivity contribution is -0.126. The summed E-state index contributed by atoms with van der Waals surface area (Å²) >= 11 is 3.38. The molecule has 2 amide bonds. The number of carbonyl (C=O) groups is 2. The predicted molar refractivity (Wildman–Crippen MR) is 111 cm³/mol. The summed E-state index contributed by atoms with van der Waals surface area (Å²) < 4.78 is 0.877. The molecule has 2 aliphatic heterocycles. The van der Waals surface area contributed by atoms with Gasteiger partial charge in [0.05, 0.1) is 17.4 Å². The van der Waals surface area contributed by atoms with E-state index in [1.807, 2.05) is 54.6 Å². The van der Waals surface area contributed by atoms with E-state index in [1.165, 1.54) is 4.90 Å². The van der Waals surface area contributed by atoms with Crippen LogP contribution in [0.3, 0.4) is 0 Å². The Hall–Kier alpha value is -3.03. The number of fused-ring (bicyclic) bond motifs is 1. The fourth-order valence-corrected chi connectivity index (χ4v) is 4.22. The number of anilines is 2. The maximum absolute atomic E-state index is 13.4. The first-order chi connectivity index (χ1) is 14.1. The van der Waals surface area contributed by atoms with Gasteiger partial charge in [0.25, 0.3) is 5.91 Å². The van der Waals surface area contributed by atoms with E-state index in [2.05, 4.69) is 20.9 Å². The molecule has 1 aromatic heterocycles. The van der Waals surface area contributed by atoms with Crippen molar-refractivity contribution in [1.82, 2.24) is 4.98 Å². The second kappa shape index (κ2) is 7.09. The molecule has 29 heavy (non-hydrogen) atoms. The summed E-state index contributed by atoms with van der Waals surface area (Å²) in [4.78, 5) is 38.0. The summed E-state index contributed by atoms with van der Waals surface area (Å²) in [6.07, 6.45) is 2.49. The molecule has 3 atom stereocenters. The van der Waals surface area contributed by atoms with Crippen LogP contribution in [-0.2, 0) is 14.4 Å². The van der Waals surface area contributed by atoms with Gasteiger partial charge < -0.3 is 0 Å². The lowest BCUT2D eigenvalue weighted by atomic mass is 9.91. The molecule has 0 radical (unpaired) electrons. The average Bonchev–Trinajstić information content (AvgIpc) is 3.27. The van der Waals surface area contributed by atoms with E-state index in [0.29, 0.717) is 5.69 Å². The van der Waals surface area contributed by atoms with Crippen LogP contribution in [-0.4, -0.2) is 22.9 Å². The number of pyridine rings is 1. The fourth-order valence-electron chi connectivity index (χ4n) is 3.96. The summed E-state index contributed by atoms with van der Waals surface area (Å²) in [6, 6.07) is 19.9. The lowest BCUT2D eigenvalue weighted by Gasteiger charge is -2.28. The second-order valence-corrected chi connectivity index (χ2v) is 7.84. The topological polar surface area (TPSA) is 62.7 Å². The van der Waals surface area contributed by atoms with Crippen LogP contribution in [0.1, 0.15) is 11.6 Å². The van der Waals surface area contributed by atoms with Crippen LogP contribution in [0.5, 0.6) is 0 Å². The van der Waals surface area contributed by atoms with Crippen molar-refractivity contribution >= 4 is 39.1 Å². The number of rotatable bonds is 3. The van der Waals surface area contributed by atoms with Gasteiger partial charge in [0.2, 0.25) is 5.91 Å². The van der Waals surface area contributed by atoms with Gasteiger partial charge in [0.1, 0.15) is 5.92 Å². The molecule has 0 bridgehead atoms. The van der Waals surface area contributed by atoms with E-state index >= 15 is 0 Å². The third-order valence-corrected chi connectivity index (χ3v) is 5.79. The minimum atomic E-state index is -0.871. The Bertz CT molecular complexity index is 1060. The second-order valence-electron chi connectivity index (χ2n) is 6.93. The van der Waals surface area contributed by atoms with Crippen molar-refractivity contribution in [1.29, 1.82) is 0 Å². The van der Waals surface area contributed by atoms with Crippen molar-refractivity contribution in [2.45, 2.75) is 12.1 Å². The van der Waals surface area contributed by atoms with Gasteiger partial charge in [-0.1, -0.05) is 34.1 Å². The molecule has 7 heteroatoms. The molecule has 2 aliphatic rings. The SMILES string of the molecule is O=C1[C@@H]2[C@@H](c3ccncc3)N(c3ccccc3)O[C@H]2C(=O)N1c1ccc(Br)cc1. The molecule has 6 nitrogen and oxygen atoms in total. The maximum atomic E-state index is 13.4. The molecule has 0 saturated carbocycles. The smallest absolute Gasteiger partial charge is 0.266 e. The van der Waals surface area contributed by atoms with E-state index in [-0.39, 0.29) is 11.8 Å². The number of imide groups is 1. The fraction of sp³-hybridized carbons (Fsp3) is 0.136. The zero-order valence-electron chi connectivity index (χ0n) is 15.2. The van der Waals surface area contributed by atoms with E-state index in [4.69, 9.17) is 4.84 Å². The Morgan fingerprint density at radius 2 is 1.52 bits per heavy atom. The van der Waals surface area contributed by atoms with Crippen LogP contribution in [0.2, 0.25) is 0 Å². The highest BCUT2D eigenvalue weighted by atomic mass is 79.9. The number of aromatic nitrogens is 1. The van der Waals surface area contributed by atoms with E-state index in [0.717, 1.165) is 15.7 Å². The molecule has 0 spiro atoms. The number of hydrogen-bond donors (Lipinski definition) is 0. The van der Waals surface area contributed by atoms with Crippen molar-refractivity contribution in [3.8, 4) is 0 Å². The summed E-state index contributed by atoms with van der Waals surface area (Å²) in [6.45, 7) is 0. The largest absolute Gasteiger partial charge is 0.273 e. The Morgan fingerprint density at radius 3 is 2.21 bits per heavy atom. The molecular weight excluding hydrogens is 434 g/mol. The Balaban J connectivity index is 1.58. The van der Waals surface area contributed by atoms with Crippen LogP contribution >= 0.6 is 15.9 Å². The van der Waals surface area contributed by atoms with E-state index in [9.17, 15) is 9.59 Å². The van der Waals surface area contributed by atoms with Gasteiger partial charge in [0.15, 0.2) is 6.10 Å². The van der Waals surface area contributed by atoms with Crippen LogP contribution < -0.4 is 9.96 Å². The molecule has 0 unspecified atom stereocenters. The van der Waals surface area contributed by atoms with Gasteiger partial charge in [-0.2, -0.15) is 0 Å². The van der Waals surface area contributed by atoms with Crippen molar-refractivity contribution in [3.63, 3.8) is 0 Å². The molecule has 2 saturated heterocycles. The van der Waals surface area contributed by atoms with Crippen LogP contribution in [0.4, 0.5) is 11.4 Å². The molecule has 3 aromatic rings. The molecule has 3 heterocycles. The highest BCUT2D eigenvalue weighted by molar-refractivity contribution is 9.10. The summed E-state index contributed by atoms with van der Waals surface area (Å²) in [7, 11) is 0. The van der Waals surface area contributed by atoms with Gasteiger partial charge in [-0.05, 0) is 54.1 Å². The number of hydrogen-bond acceptors (Lipinski definition) is 5. The highest BCUT2D eigenvalue weighted by Crippen LogP contribution is 2.47. The molecule has 0 aliphatic carbocycles. The number of nitrogens with zero attached hydrogens (tertiary/aromatic N) is 3. The average molecular weight is 450 g/mol. The van der Waals surface area contributed by atoms with Crippen molar-refractivity contribution in [2.75, 3.05) is 9.96 Å². The van der Waals surface area contributed by atoms with Gasteiger partial charge in [-0.3, -0.25) is 19.4 Å². The third kappa shape index (κ3) is 2.94. The quantitative estimate of drug-likeness (QED) is 0.567. The highest BCUT2D eigenvalue weighted by Gasteiger charge is 2.60. The first-order valence-corrected chi connectivity index (χ1v) is 9.99. The van der Waals surface area contributed by atoms with Gasteiger partial charge in [0, 0.05) is 16.9 Å². The number of carbonyl (C=O) groups excluding carboxylic acids is 2. The van der Waals surface area contributed by atoms with Crippen LogP contribution in [0, 0.1) is 5.92 Å². The minimum absolute atomic E-state index is 0.262. The number of para-hydroxylation sites is 1. The summed E-state index contributed by atoms with van der Waals surface area (Å²) in [5, 5.41) is 1.68. The van der Waals surface area contributed by atoms with Gasteiger partial charge in [-0.25, -0.2) is 9.96 Å². The Morgan fingerprint density at radius 1 is 0.828 bits per heavy atom. The Labute approximate surface area is 175 Å². The van der Waals surface area contributed by atoms with Gasteiger partial charge in [-0.15, -0.1) is 0 Å². The molecular formula is C22H16BrN3O3. The summed E-state index contributed by atoms with van der Waals surface area (Å²) in [5.41, 5.74) is 2.20. The van der Waals surface area contributed by atoms with E-state index < -0.39 is 18.1 Å². The zero-order valence-corrected chi connectivity index (χ0v) is 16.8. The standard InChI is InChI=1S/C22H16BrN3O3/c23-15-6-8-16(9-7-15)25-21(27)18-19(14-10-12-24-13-11-14)26(29-20(18)22(25)28)17-4-2-1-3-5-17/h1-13,18-20H/t18-,19-,20-/m1/s1. The first-order valence-electron chi connectivity index (χ1n) is 9.19. The summed E-state index contributed by atoms with van der Waals surface area (Å²) in [5.74, 6) is -1.25. The zero-order chi connectivity index (χ0) is 20.0. The van der Waals surface area contributed by atoms with Crippen molar-refractivity contribution < 1.29 is 14.4 Å². The monoisotopic (exact) mass is 449 g/mol. The maximum Gasteiger partial charge on any atom is 0.266 e. The lowest BCUT2D eigenvalue weighted by Crippen LogP contribution is -2.37. The number of benzene rings is 2. The molecule has 0 N–H and O–H groups in total. The van der Waals surface area contributed by atoms with Crippen LogP contribution in [0.15, 0.2) is 83.6 Å². The van der Waals surface area contributed by atoms with Crippen molar-refractivity contribution in [2.24, 2.45) is 5.92 Å². The van der Waals surface area contributed by atoms with E-state index in [1.54, 1.807) is 29.6 Å². The number of halogens is 1. The molecule has 144 valence electrons. The van der Waals surface area contributed by atoms with Crippen molar-refractivity contribution in [3.05, 3.63) is 89.2 Å². The van der Waals surface area contributed by atoms with Gasteiger partial charge >= 0.3 is 0 Å². The molecule has 5 rings (SSSR count). The Kier molecular flexibility index (Phi) is 4.41. The minimum Gasteiger partial charge on any atom is -0.273 e. The first kappa shape index (κ1) is 18.0. The number of hydroxylamine groups is 1.